The summed E-state index contributed by atoms with van der Waals surface area (Å²) < 4.78 is 10.8. The van der Waals surface area contributed by atoms with E-state index in [2.05, 4.69) is 55.9 Å². The van der Waals surface area contributed by atoms with Gasteiger partial charge >= 0.3 is 0 Å². The van der Waals surface area contributed by atoms with Crippen LogP contribution in [0, 0.1) is 0 Å². The van der Waals surface area contributed by atoms with Crippen molar-refractivity contribution < 1.29 is 23.0 Å². The highest BCUT2D eigenvalue weighted by Gasteiger charge is 2.05. The lowest BCUT2D eigenvalue weighted by Gasteiger charge is -2.25. The summed E-state index contributed by atoms with van der Waals surface area (Å²) in [6.45, 7) is 13.8. The van der Waals surface area contributed by atoms with Crippen molar-refractivity contribution in [1.82, 2.24) is 0 Å². The molecule has 6 heteroatoms. The van der Waals surface area contributed by atoms with E-state index in [4.69, 9.17) is 14.1 Å². The number of rotatable bonds is 4. The molecule has 112 valence electrons. The molecule has 0 saturated heterocycles. The van der Waals surface area contributed by atoms with Crippen molar-refractivity contribution in [3.8, 4) is 0 Å². The maximum atomic E-state index is 8.52. The highest BCUT2D eigenvalue weighted by molar-refractivity contribution is 6.17. The standard InChI is InChI=1S/2C6H16N.O3Si/c2*1-5-7(3,4)6-2;1-4(2)3/h2*5-6H2,1-4H3;/q2*+1;-2. The second-order valence-corrected chi connectivity index (χ2v) is 5.89. The molecule has 0 fully saturated rings. The van der Waals surface area contributed by atoms with Crippen LogP contribution >= 0.6 is 0 Å². The van der Waals surface area contributed by atoms with Gasteiger partial charge in [0.05, 0.1) is 54.4 Å². The topological polar surface area (TPSA) is 63.2 Å². The van der Waals surface area contributed by atoms with Crippen LogP contribution in [0.4, 0.5) is 0 Å². The lowest BCUT2D eigenvalue weighted by atomic mass is 10.5. The summed E-state index contributed by atoms with van der Waals surface area (Å²) >= 11 is 0. The van der Waals surface area contributed by atoms with Gasteiger partial charge in [0.2, 0.25) is 0 Å². The van der Waals surface area contributed by atoms with Gasteiger partial charge in [0, 0.05) is 9.17 Å². The summed E-state index contributed by atoms with van der Waals surface area (Å²) in [5.41, 5.74) is 0. The van der Waals surface area contributed by atoms with E-state index < -0.39 is 9.17 Å². The molecule has 0 heterocycles. The Kier molecular flexibility index (Phi) is 14.6. The van der Waals surface area contributed by atoms with Gasteiger partial charge in [0.25, 0.3) is 0 Å². The molecule has 0 aromatic rings. The fraction of sp³-hybridized carbons (Fsp3) is 1.00. The molecule has 0 N–H and O–H groups in total. The van der Waals surface area contributed by atoms with E-state index in [1.165, 1.54) is 26.2 Å². The zero-order chi connectivity index (χ0) is 15.4. The average Bonchev–Trinajstić information content (AvgIpc) is 2.29. The van der Waals surface area contributed by atoms with Crippen molar-refractivity contribution in [2.45, 2.75) is 27.7 Å². The molecule has 0 atom stereocenters. The second kappa shape index (κ2) is 11.6. The Morgan fingerprint density at radius 1 is 0.722 bits per heavy atom. The van der Waals surface area contributed by atoms with Crippen LogP contribution in [0.15, 0.2) is 0 Å². The molecular weight excluding hydrogens is 248 g/mol. The van der Waals surface area contributed by atoms with E-state index in [0.717, 1.165) is 8.97 Å². The predicted molar refractivity (Wildman–Crippen MR) is 72.8 cm³/mol. The Morgan fingerprint density at radius 3 is 0.833 bits per heavy atom. The van der Waals surface area contributed by atoms with Gasteiger partial charge in [0.1, 0.15) is 0 Å². The third kappa shape index (κ3) is 24.7. The zero-order valence-corrected chi connectivity index (χ0v) is 14.4. The van der Waals surface area contributed by atoms with Gasteiger partial charge in [-0.05, 0) is 27.7 Å². The predicted octanol–water partition coefficient (Wildman–Crippen LogP) is -0.672. The summed E-state index contributed by atoms with van der Waals surface area (Å²) in [6, 6.07) is 0. The first-order valence-electron chi connectivity index (χ1n) is 6.49. The van der Waals surface area contributed by atoms with E-state index in [1.807, 2.05) is 0 Å². The molecule has 18 heavy (non-hydrogen) atoms. The van der Waals surface area contributed by atoms with Crippen LogP contribution in [0.1, 0.15) is 27.7 Å². The first kappa shape index (κ1) is 22.7. The molecule has 5 nitrogen and oxygen atoms in total. The third-order valence-corrected chi connectivity index (χ3v) is 3.42. The Bertz CT molecular complexity index is 177. The van der Waals surface area contributed by atoms with E-state index in [9.17, 15) is 0 Å². The third-order valence-electron chi connectivity index (χ3n) is 3.42. The minimum Gasteiger partial charge on any atom is -0.672 e. The van der Waals surface area contributed by atoms with Crippen LogP contribution in [0.3, 0.4) is 0 Å². The van der Waals surface area contributed by atoms with Crippen molar-refractivity contribution in [2.24, 2.45) is 0 Å². The largest absolute Gasteiger partial charge is 0.672 e. The molecule has 0 aliphatic carbocycles. The quantitative estimate of drug-likeness (QED) is 0.507. The Labute approximate surface area is 115 Å². The smallest absolute Gasteiger partial charge is 0.0753 e. The molecule has 0 rings (SSSR count). The molecular formula is C12H32N2O3Si. The SMILES string of the molecule is CC[N+](C)(C)CC.CC[N+](C)(C)CC.O=[Si]([O-])[O-]. The normalized spacial score (nSPS) is 10.7. The average molecular weight is 280 g/mol. The number of hydrogen-bond acceptors (Lipinski definition) is 3. The monoisotopic (exact) mass is 280 g/mol. The maximum Gasteiger partial charge on any atom is 0.0753 e. The van der Waals surface area contributed by atoms with Gasteiger partial charge < -0.3 is 23.0 Å². The summed E-state index contributed by atoms with van der Waals surface area (Å²) in [6.07, 6.45) is 0. The van der Waals surface area contributed by atoms with E-state index in [0.29, 0.717) is 0 Å². The van der Waals surface area contributed by atoms with E-state index >= 15 is 0 Å². The Balaban J connectivity index is -0.000000196. The Morgan fingerprint density at radius 2 is 0.833 bits per heavy atom. The fourth-order valence-corrected chi connectivity index (χ4v) is 0.447. The summed E-state index contributed by atoms with van der Waals surface area (Å²) in [5.74, 6) is 0. The first-order chi connectivity index (χ1) is 7.97. The molecule has 0 amide bonds. The number of nitrogens with zero attached hydrogens (tertiary/aromatic N) is 2. The molecule has 0 bridgehead atoms. The van der Waals surface area contributed by atoms with Crippen molar-refractivity contribution >= 4 is 9.17 Å². The maximum absolute atomic E-state index is 8.52. The molecule has 0 aliphatic rings. The van der Waals surface area contributed by atoms with Gasteiger partial charge in [-0.1, -0.05) is 0 Å². The summed E-state index contributed by atoms with van der Waals surface area (Å²) in [7, 11) is 5.31. The van der Waals surface area contributed by atoms with Crippen molar-refractivity contribution in [3.05, 3.63) is 0 Å². The van der Waals surface area contributed by atoms with Crippen LogP contribution in [-0.4, -0.2) is 72.5 Å². The second-order valence-electron chi connectivity index (χ2n) is 5.39. The number of hydrogen-bond donors (Lipinski definition) is 0. The number of quaternary nitrogens is 2. The van der Waals surface area contributed by atoms with Crippen LogP contribution in [-0.2, 0) is 4.46 Å². The van der Waals surface area contributed by atoms with E-state index in [-0.39, 0.29) is 0 Å². The molecule has 0 spiro atoms. The molecule has 0 aromatic heterocycles. The Hall–Kier alpha value is -0.463. The van der Waals surface area contributed by atoms with E-state index in [1.54, 1.807) is 0 Å². The van der Waals surface area contributed by atoms with Gasteiger partial charge in [-0.2, -0.15) is 0 Å². The highest BCUT2D eigenvalue weighted by Crippen LogP contribution is 1.92. The fourth-order valence-electron chi connectivity index (χ4n) is 0.447. The van der Waals surface area contributed by atoms with Crippen LogP contribution in [0.25, 0.3) is 0 Å². The van der Waals surface area contributed by atoms with Crippen LogP contribution in [0.5, 0.6) is 0 Å². The van der Waals surface area contributed by atoms with Crippen molar-refractivity contribution in [1.29, 1.82) is 0 Å². The van der Waals surface area contributed by atoms with Crippen molar-refractivity contribution in [2.75, 3.05) is 54.4 Å². The van der Waals surface area contributed by atoms with Gasteiger partial charge in [-0.25, -0.2) is 0 Å². The van der Waals surface area contributed by atoms with Gasteiger partial charge in [-0.15, -0.1) is 0 Å². The first-order valence-corrected chi connectivity index (χ1v) is 7.72. The zero-order valence-electron chi connectivity index (χ0n) is 13.4. The highest BCUT2D eigenvalue weighted by atomic mass is 28.3. The lowest BCUT2D eigenvalue weighted by Crippen LogP contribution is -2.38. The molecule has 0 radical (unpaired) electrons. The molecule has 0 aliphatic heterocycles. The molecule has 0 saturated carbocycles. The summed E-state index contributed by atoms with van der Waals surface area (Å²) in [4.78, 5) is 17.0. The van der Waals surface area contributed by atoms with Gasteiger partial charge in [0.15, 0.2) is 0 Å². The minimum absolute atomic E-state index is 1.14. The minimum atomic E-state index is -3.63. The summed E-state index contributed by atoms with van der Waals surface area (Å²) in [5, 5.41) is 0. The van der Waals surface area contributed by atoms with Gasteiger partial charge in [-0.3, -0.25) is 0 Å². The van der Waals surface area contributed by atoms with Crippen LogP contribution in [0.2, 0.25) is 0 Å². The van der Waals surface area contributed by atoms with Crippen molar-refractivity contribution in [3.63, 3.8) is 0 Å². The molecule has 0 unspecified atom stereocenters. The lowest BCUT2D eigenvalue weighted by molar-refractivity contribution is -0.886. The molecule has 0 aromatic carbocycles. The van der Waals surface area contributed by atoms with Crippen LogP contribution < -0.4 is 9.59 Å².